The number of rotatable bonds is 6. The smallest absolute Gasteiger partial charge is 0.0631 e. The molecule has 3 nitrogen and oxygen atoms in total. The van der Waals surface area contributed by atoms with E-state index in [0.717, 1.165) is 6.54 Å². The fourth-order valence-electron chi connectivity index (χ4n) is 4.33. The van der Waals surface area contributed by atoms with Crippen molar-refractivity contribution in [3.05, 3.63) is 17.0 Å². The molecule has 2 rings (SSSR count). The highest BCUT2D eigenvalue weighted by atomic mass is 15.3. The molecule has 20 heavy (non-hydrogen) atoms. The summed E-state index contributed by atoms with van der Waals surface area (Å²) in [7, 11) is 2.07. The second kappa shape index (κ2) is 5.88. The van der Waals surface area contributed by atoms with Gasteiger partial charge < -0.3 is 5.32 Å². The summed E-state index contributed by atoms with van der Waals surface area (Å²) in [5, 5.41) is 8.41. The molecule has 3 heteroatoms. The highest BCUT2D eigenvalue weighted by Gasteiger charge is 2.53. The summed E-state index contributed by atoms with van der Waals surface area (Å²) in [6.07, 6.45) is 5.00. The van der Waals surface area contributed by atoms with Crippen LogP contribution in [0.2, 0.25) is 0 Å². The molecule has 0 bridgehead atoms. The third kappa shape index (κ3) is 2.20. The first kappa shape index (κ1) is 15.6. The Labute approximate surface area is 124 Å². The maximum Gasteiger partial charge on any atom is 0.0631 e. The average Bonchev–Trinajstić information content (AvgIpc) is 2.65. The van der Waals surface area contributed by atoms with E-state index in [1.807, 2.05) is 4.68 Å². The Morgan fingerprint density at radius 1 is 1.25 bits per heavy atom. The highest BCUT2D eigenvalue weighted by Crippen LogP contribution is 2.58. The van der Waals surface area contributed by atoms with Crippen LogP contribution in [0.4, 0.5) is 0 Å². The summed E-state index contributed by atoms with van der Waals surface area (Å²) < 4.78 is 2.05. The van der Waals surface area contributed by atoms with Gasteiger partial charge in [-0.1, -0.05) is 20.8 Å². The van der Waals surface area contributed by atoms with Crippen LogP contribution in [0.25, 0.3) is 0 Å². The monoisotopic (exact) mass is 277 g/mol. The summed E-state index contributed by atoms with van der Waals surface area (Å²) >= 11 is 0. The zero-order chi connectivity index (χ0) is 14.9. The molecule has 1 aromatic rings. The molecule has 1 fully saturated rings. The van der Waals surface area contributed by atoms with Gasteiger partial charge in [0.25, 0.3) is 0 Å². The minimum atomic E-state index is 0.424. The third-order valence-electron chi connectivity index (χ3n) is 5.73. The van der Waals surface area contributed by atoms with E-state index in [-0.39, 0.29) is 0 Å². The first-order chi connectivity index (χ1) is 9.51. The number of nitrogens with one attached hydrogen (secondary N) is 1. The lowest BCUT2D eigenvalue weighted by molar-refractivity contribution is 0.0195. The van der Waals surface area contributed by atoms with Crippen molar-refractivity contribution in [2.24, 2.45) is 12.5 Å². The summed E-state index contributed by atoms with van der Waals surface area (Å²) in [4.78, 5) is 0. The molecule has 2 atom stereocenters. The molecule has 1 N–H and O–H groups in total. The average molecular weight is 277 g/mol. The van der Waals surface area contributed by atoms with Crippen molar-refractivity contribution in [1.29, 1.82) is 0 Å². The van der Waals surface area contributed by atoms with Crippen LogP contribution < -0.4 is 5.32 Å². The van der Waals surface area contributed by atoms with Crippen LogP contribution in [-0.4, -0.2) is 22.4 Å². The topological polar surface area (TPSA) is 29.9 Å². The number of hydrogen-bond donors (Lipinski definition) is 1. The molecule has 1 heterocycles. The minimum Gasteiger partial charge on any atom is -0.313 e. The normalized spacial score (nSPS) is 24.7. The van der Waals surface area contributed by atoms with Crippen LogP contribution in [0.1, 0.15) is 69.3 Å². The van der Waals surface area contributed by atoms with Crippen LogP contribution in [0.5, 0.6) is 0 Å². The van der Waals surface area contributed by atoms with Gasteiger partial charge in [-0.25, -0.2) is 0 Å². The Balaban J connectivity index is 2.29. The van der Waals surface area contributed by atoms with E-state index in [1.54, 1.807) is 0 Å². The Kier molecular flexibility index (Phi) is 4.58. The summed E-state index contributed by atoms with van der Waals surface area (Å²) in [6.45, 7) is 12.5. The minimum absolute atomic E-state index is 0.424. The number of nitrogens with zero attached hydrogens (tertiary/aromatic N) is 2. The highest BCUT2D eigenvalue weighted by molar-refractivity contribution is 5.35. The lowest BCUT2D eigenvalue weighted by Gasteiger charge is -2.57. The van der Waals surface area contributed by atoms with Gasteiger partial charge in [-0.05, 0) is 63.0 Å². The molecule has 1 aromatic heterocycles. The predicted molar refractivity (Wildman–Crippen MR) is 85.1 cm³/mol. The first-order valence-electron chi connectivity index (χ1n) is 8.25. The van der Waals surface area contributed by atoms with Crippen molar-refractivity contribution in [3.63, 3.8) is 0 Å². The largest absolute Gasteiger partial charge is 0.313 e. The number of hydrogen-bond acceptors (Lipinski definition) is 2. The quantitative estimate of drug-likeness (QED) is 0.859. The van der Waals surface area contributed by atoms with E-state index < -0.39 is 0 Å². The molecule has 0 aliphatic heterocycles. The Hall–Kier alpha value is -0.830. The Morgan fingerprint density at radius 2 is 1.90 bits per heavy atom. The van der Waals surface area contributed by atoms with Crippen LogP contribution in [0, 0.1) is 19.3 Å². The van der Waals surface area contributed by atoms with Gasteiger partial charge in [-0.15, -0.1) is 0 Å². The van der Waals surface area contributed by atoms with Crippen LogP contribution >= 0.6 is 0 Å². The third-order valence-corrected chi connectivity index (χ3v) is 5.73. The van der Waals surface area contributed by atoms with E-state index in [4.69, 9.17) is 0 Å². The zero-order valence-electron chi connectivity index (χ0n) is 14.1. The molecular formula is C17H31N3. The number of aromatic nitrogens is 2. The van der Waals surface area contributed by atoms with Crippen LogP contribution in [0.3, 0.4) is 0 Å². The van der Waals surface area contributed by atoms with E-state index in [0.29, 0.717) is 17.4 Å². The second-order valence-corrected chi connectivity index (χ2v) is 6.44. The maximum absolute atomic E-state index is 4.63. The molecule has 0 radical (unpaired) electrons. The van der Waals surface area contributed by atoms with Crippen molar-refractivity contribution < 1.29 is 0 Å². The molecule has 114 valence electrons. The van der Waals surface area contributed by atoms with E-state index in [1.165, 1.54) is 42.6 Å². The van der Waals surface area contributed by atoms with E-state index in [9.17, 15) is 0 Å². The number of aryl methyl sites for hydroxylation is 2. The molecule has 1 aliphatic rings. The van der Waals surface area contributed by atoms with E-state index >= 15 is 0 Å². The fourth-order valence-corrected chi connectivity index (χ4v) is 4.33. The van der Waals surface area contributed by atoms with Gasteiger partial charge in [0, 0.05) is 18.8 Å². The van der Waals surface area contributed by atoms with Gasteiger partial charge in [0.1, 0.15) is 0 Å². The van der Waals surface area contributed by atoms with E-state index in [2.05, 4.69) is 52.1 Å². The molecule has 0 spiro atoms. The standard InChI is InChI=1S/C17H31N3/c1-7-10-18-15-11-14(17(15,8-2)9-3)16-12(4)19-20(6)13(16)5/h14-15,18H,7-11H2,1-6H3. The molecular weight excluding hydrogens is 246 g/mol. The Morgan fingerprint density at radius 3 is 2.35 bits per heavy atom. The van der Waals surface area contributed by atoms with Crippen molar-refractivity contribution in [2.75, 3.05) is 6.54 Å². The van der Waals surface area contributed by atoms with Gasteiger partial charge in [0.15, 0.2) is 0 Å². The maximum atomic E-state index is 4.63. The lowest BCUT2D eigenvalue weighted by atomic mass is 9.51. The predicted octanol–water partition coefficient (Wildman–Crippen LogP) is 3.70. The van der Waals surface area contributed by atoms with Crippen molar-refractivity contribution in [2.45, 2.75) is 72.3 Å². The molecule has 1 aliphatic carbocycles. The van der Waals surface area contributed by atoms with Gasteiger partial charge in [0.05, 0.1) is 5.69 Å². The van der Waals surface area contributed by atoms with Gasteiger partial charge >= 0.3 is 0 Å². The Bertz CT molecular complexity index is 457. The molecule has 0 amide bonds. The lowest BCUT2D eigenvalue weighted by Crippen LogP contribution is -2.58. The first-order valence-corrected chi connectivity index (χ1v) is 8.25. The summed E-state index contributed by atoms with van der Waals surface area (Å²) in [6, 6.07) is 0.682. The zero-order valence-corrected chi connectivity index (χ0v) is 14.1. The molecule has 0 saturated heterocycles. The molecule has 1 saturated carbocycles. The van der Waals surface area contributed by atoms with Gasteiger partial charge in [-0.3, -0.25) is 4.68 Å². The van der Waals surface area contributed by atoms with Gasteiger partial charge in [0.2, 0.25) is 0 Å². The van der Waals surface area contributed by atoms with Crippen LogP contribution in [-0.2, 0) is 7.05 Å². The fraction of sp³-hybridized carbons (Fsp3) is 0.824. The summed E-state index contributed by atoms with van der Waals surface area (Å²) in [5.74, 6) is 0.681. The second-order valence-electron chi connectivity index (χ2n) is 6.44. The molecule has 0 aromatic carbocycles. The van der Waals surface area contributed by atoms with Crippen LogP contribution in [0.15, 0.2) is 0 Å². The van der Waals surface area contributed by atoms with Crippen molar-refractivity contribution in [3.8, 4) is 0 Å². The molecule has 2 unspecified atom stereocenters. The summed E-state index contributed by atoms with van der Waals surface area (Å²) in [5.41, 5.74) is 4.53. The van der Waals surface area contributed by atoms with Gasteiger partial charge in [-0.2, -0.15) is 5.10 Å². The SMILES string of the molecule is CCCNC1CC(c2c(C)nn(C)c2C)C1(CC)CC. The van der Waals surface area contributed by atoms with Crippen molar-refractivity contribution in [1.82, 2.24) is 15.1 Å². The van der Waals surface area contributed by atoms with Crippen molar-refractivity contribution >= 4 is 0 Å².